The van der Waals surface area contributed by atoms with E-state index in [-0.39, 0.29) is 11.8 Å². The van der Waals surface area contributed by atoms with E-state index in [0.29, 0.717) is 54.6 Å². The van der Waals surface area contributed by atoms with Crippen molar-refractivity contribution in [2.75, 3.05) is 26.2 Å². The quantitative estimate of drug-likeness (QED) is 0.793. The highest BCUT2D eigenvalue weighted by Crippen LogP contribution is 2.18. The largest absolute Gasteiger partial charge is 0.339 e. The molecule has 1 aliphatic rings. The van der Waals surface area contributed by atoms with Gasteiger partial charge in [0, 0.05) is 48.2 Å². The Morgan fingerprint density at radius 2 is 1.46 bits per heavy atom. The molecule has 0 aliphatic carbocycles. The molecule has 6 heteroatoms. The van der Waals surface area contributed by atoms with Crippen LogP contribution in [0.25, 0.3) is 0 Å². The van der Waals surface area contributed by atoms with Gasteiger partial charge >= 0.3 is 0 Å². The third-order valence-electron chi connectivity index (χ3n) is 4.58. The Kier molecular flexibility index (Phi) is 6.17. The summed E-state index contributed by atoms with van der Waals surface area (Å²) >= 11 is 12.0. The van der Waals surface area contributed by atoms with Gasteiger partial charge in [-0.2, -0.15) is 0 Å². The van der Waals surface area contributed by atoms with E-state index >= 15 is 0 Å². The van der Waals surface area contributed by atoms with Gasteiger partial charge in [-0.15, -0.1) is 0 Å². The predicted molar refractivity (Wildman–Crippen MR) is 104 cm³/mol. The van der Waals surface area contributed by atoms with Crippen LogP contribution in [0.15, 0.2) is 48.5 Å². The lowest BCUT2D eigenvalue weighted by molar-refractivity contribution is -0.132. The molecule has 0 N–H and O–H groups in total. The smallest absolute Gasteiger partial charge is 0.253 e. The summed E-state index contributed by atoms with van der Waals surface area (Å²) in [6.45, 7) is 2.19. The normalized spacial score (nSPS) is 14.4. The minimum Gasteiger partial charge on any atom is -0.339 e. The number of aryl methyl sites for hydroxylation is 1. The van der Waals surface area contributed by atoms with Gasteiger partial charge in [-0.25, -0.2) is 0 Å². The van der Waals surface area contributed by atoms with Crippen molar-refractivity contribution in [3.8, 4) is 0 Å². The summed E-state index contributed by atoms with van der Waals surface area (Å²) in [5.41, 5.74) is 1.60. The summed E-state index contributed by atoms with van der Waals surface area (Å²) in [5, 5.41) is 1.30. The third kappa shape index (κ3) is 4.57. The molecule has 1 aliphatic heterocycles. The van der Waals surface area contributed by atoms with Gasteiger partial charge in [0.2, 0.25) is 5.91 Å². The molecule has 2 amide bonds. The molecule has 0 saturated carbocycles. The minimum atomic E-state index is -0.0233. The Labute approximate surface area is 163 Å². The maximum absolute atomic E-state index is 12.5. The fourth-order valence-electron chi connectivity index (χ4n) is 3.03. The number of halogens is 2. The lowest BCUT2D eigenvalue weighted by atomic mass is 10.1. The predicted octanol–water partition coefficient (Wildman–Crippen LogP) is 3.91. The zero-order chi connectivity index (χ0) is 18.5. The van der Waals surface area contributed by atoms with Crippen LogP contribution in [0.3, 0.4) is 0 Å². The van der Waals surface area contributed by atoms with Crippen molar-refractivity contribution < 1.29 is 9.59 Å². The van der Waals surface area contributed by atoms with Crippen LogP contribution in [-0.4, -0.2) is 47.8 Å². The van der Waals surface area contributed by atoms with E-state index in [1.165, 1.54) is 0 Å². The summed E-state index contributed by atoms with van der Waals surface area (Å²) in [6, 6.07) is 14.5. The zero-order valence-corrected chi connectivity index (χ0v) is 15.8. The number of hydrogen-bond acceptors (Lipinski definition) is 2. The number of piperazine rings is 1. The van der Waals surface area contributed by atoms with Crippen LogP contribution in [0.1, 0.15) is 22.3 Å². The van der Waals surface area contributed by atoms with Gasteiger partial charge in [0.25, 0.3) is 5.91 Å². The van der Waals surface area contributed by atoms with Gasteiger partial charge in [0.05, 0.1) is 0 Å². The van der Waals surface area contributed by atoms with Crippen LogP contribution < -0.4 is 0 Å². The molecule has 0 radical (unpaired) electrons. The number of rotatable bonds is 4. The number of amides is 2. The average Bonchev–Trinajstić information content (AvgIpc) is 2.67. The van der Waals surface area contributed by atoms with Gasteiger partial charge in [0.1, 0.15) is 0 Å². The van der Waals surface area contributed by atoms with Gasteiger partial charge < -0.3 is 9.80 Å². The molecule has 1 fully saturated rings. The van der Waals surface area contributed by atoms with E-state index in [0.717, 1.165) is 5.56 Å². The SMILES string of the molecule is O=C(CCc1ccccc1Cl)N1CCN(C(=O)c2ccc(Cl)cc2)CC1. The van der Waals surface area contributed by atoms with Crippen molar-refractivity contribution in [3.63, 3.8) is 0 Å². The highest BCUT2D eigenvalue weighted by Gasteiger charge is 2.24. The first kappa shape index (κ1) is 18.7. The molecule has 4 nitrogen and oxygen atoms in total. The second-order valence-electron chi connectivity index (χ2n) is 6.27. The molecular formula is C20H20Cl2N2O2. The molecule has 0 spiro atoms. The summed E-state index contributed by atoms with van der Waals surface area (Å²) in [4.78, 5) is 28.5. The fourth-order valence-corrected chi connectivity index (χ4v) is 3.39. The summed E-state index contributed by atoms with van der Waals surface area (Å²) in [6.07, 6.45) is 1.05. The standard InChI is InChI=1S/C20H20Cl2N2O2/c21-17-8-5-16(6-9-17)20(26)24-13-11-23(12-14-24)19(25)10-7-15-3-1-2-4-18(15)22/h1-6,8-9H,7,10-14H2. The Morgan fingerprint density at radius 1 is 0.846 bits per heavy atom. The summed E-state index contributed by atoms with van der Waals surface area (Å²) < 4.78 is 0. The van der Waals surface area contributed by atoms with Crippen molar-refractivity contribution in [2.24, 2.45) is 0 Å². The Morgan fingerprint density at radius 3 is 2.12 bits per heavy atom. The molecule has 2 aromatic rings. The Bertz CT molecular complexity index is 785. The minimum absolute atomic E-state index is 0.0233. The Hall–Kier alpha value is -2.04. The van der Waals surface area contributed by atoms with Crippen LogP contribution in [-0.2, 0) is 11.2 Å². The maximum Gasteiger partial charge on any atom is 0.253 e. The number of nitrogens with zero attached hydrogens (tertiary/aromatic N) is 2. The topological polar surface area (TPSA) is 40.6 Å². The lowest BCUT2D eigenvalue weighted by Gasteiger charge is -2.35. The van der Waals surface area contributed by atoms with Crippen LogP contribution >= 0.6 is 23.2 Å². The molecule has 1 saturated heterocycles. The van der Waals surface area contributed by atoms with Crippen molar-refractivity contribution in [3.05, 3.63) is 69.7 Å². The highest BCUT2D eigenvalue weighted by molar-refractivity contribution is 6.31. The second-order valence-corrected chi connectivity index (χ2v) is 7.11. The first-order valence-electron chi connectivity index (χ1n) is 8.60. The number of hydrogen-bond donors (Lipinski definition) is 0. The van der Waals surface area contributed by atoms with E-state index < -0.39 is 0 Å². The number of benzene rings is 2. The fraction of sp³-hybridized carbons (Fsp3) is 0.300. The molecule has 0 atom stereocenters. The Balaban J connectivity index is 1.50. The molecule has 136 valence electrons. The number of carbonyl (C=O) groups excluding carboxylic acids is 2. The lowest BCUT2D eigenvalue weighted by Crippen LogP contribution is -2.50. The van der Waals surface area contributed by atoms with Gasteiger partial charge in [-0.1, -0.05) is 41.4 Å². The van der Waals surface area contributed by atoms with E-state index in [1.54, 1.807) is 29.2 Å². The zero-order valence-electron chi connectivity index (χ0n) is 14.3. The van der Waals surface area contributed by atoms with Crippen LogP contribution in [0.5, 0.6) is 0 Å². The van der Waals surface area contributed by atoms with Crippen LogP contribution in [0, 0.1) is 0 Å². The van der Waals surface area contributed by atoms with Gasteiger partial charge in [0.15, 0.2) is 0 Å². The monoisotopic (exact) mass is 390 g/mol. The molecule has 0 aromatic heterocycles. The van der Waals surface area contributed by atoms with Crippen molar-refractivity contribution in [1.82, 2.24) is 9.80 Å². The van der Waals surface area contributed by atoms with Crippen molar-refractivity contribution >= 4 is 35.0 Å². The molecule has 2 aromatic carbocycles. The summed E-state index contributed by atoms with van der Waals surface area (Å²) in [5.74, 6) is 0.0772. The molecule has 0 bridgehead atoms. The average molecular weight is 391 g/mol. The third-order valence-corrected chi connectivity index (χ3v) is 5.20. The van der Waals surface area contributed by atoms with E-state index in [9.17, 15) is 9.59 Å². The van der Waals surface area contributed by atoms with E-state index in [2.05, 4.69) is 0 Å². The molecule has 26 heavy (non-hydrogen) atoms. The van der Waals surface area contributed by atoms with Crippen molar-refractivity contribution in [1.29, 1.82) is 0 Å². The van der Waals surface area contributed by atoms with Crippen LogP contribution in [0.2, 0.25) is 10.0 Å². The van der Waals surface area contributed by atoms with Crippen molar-refractivity contribution in [2.45, 2.75) is 12.8 Å². The molecular weight excluding hydrogens is 371 g/mol. The summed E-state index contributed by atoms with van der Waals surface area (Å²) in [7, 11) is 0. The van der Waals surface area contributed by atoms with Gasteiger partial charge in [-0.05, 0) is 42.3 Å². The van der Waals surface area contributed by atoms with E-state index in [1.807, 2.05) is 29.2 Å². The first-order chi connectivity index (χ1) is 12.5. The first-order valence-corrected chi connectivity index (χ1v) is 9.36. The van der Waals surface area contributed by atoms with E-state index in [4.69, 9.17) is 23.2 Å². The van der Waals surface area contributed by atoms with Gasteiger partial charge in [-0.3, -0.25) is 9.59 Å². The maximum atomic E-state index is 12.5. The molecule has 0 unspecified atom stereocenters. The second kappa shape index (κ2) is 8.56. The molecule has 3 rings (SSSR count). The van der Waals surface area contributed by atoms with Crippen LogP contribution in [0.4, 0.5) is 0 Å². The number of carbonyl (C=O) groups is 2. The highest BCUT2D eigenvalue weighted by atomic mass is 35.5. The molecule has 1 heterocycles.